The maximum absolute atomic E-state index is 12.7. The zero-order valence-electron chi connectivity index (χ0n) is 17.0. The summed E-state index contributed by atoms with van der Waals surface area (Å²) in [6.07, 6.45) is -3.78. The molecule has 0 radical (unpaired) electrons. The van der Waals surface area contributed by atoms with Crippen LogP contribution in [0.5, 0.6) is 5.75 Å². The number of nitrogens with zero attached hydrogens (tertiary/aromatic N) is 1. The number of piperidine rings is 1. The minimum Gasteiger partial charge on any atom is -0.496 e. The molecule has 15 heteroatoms. The molecule has 8 nitrogen and oxygen atoms in total. The largest absolute Gasteiger partial charge is 0.496 e. The lowest BCUT2D eigenvalue weighted by molar-refractivity contribution is -0.192. The number of hydrogen-bond acceptors (Lipinski definition) is 6. The van der Waals surface area contributed by atoms with Gasteiger partial charge in [-0.3, -0.25) is 9.69 Å². The van der Waals surface area contributed by atoms with Gasteiger partial charge >= 0.3 is 23.7 Å². The molecule has 2 fully saturated rings. The maximum Gasteiger partial charge on any atom is 0.490 e. The number of carbonyl (C=O) groups is 3. The van der Waals surface area contributed by atoms with Gasteiger partial charge in [-0.05, 0) is 48.8 Å². The zero-order valence-corrected chi connectivity index (χ0v) is 17.8. The van der Waals surface area contributed by atoms with Crippen molar-refractivity contribution in [3.05, 3.63) is 23.8 Å². The van der Waals surface area contributed by atoms with Crippen molar-refractivity contribution in [2.45, 2.75) is 41.5 Å². The number of carboxylic acids is 1. The van der Waals surface area contributed by atoms with E-state index in [9.17, 15) is 35.9 Å². The molecule has 0 aliphatic carbocycles. The van der Waals surface area contributed by atoms with Crippen molar-refractivity contribution in [2.24, 2.45) is 0 Å². The first-order valence-electron chi connectivity index (χ1n) is 9.26. The number of imide groups is 1. The number of urea groups is 1. The zero-order chi connectivity index (χ0) is 25.0. The Kier molecular flexibility index (Phi) is 8.11. The number of thioether (sulfide) groups is 1. The number of ether oxygens (including phenoxy) is 1. The van der Waals surface area contributed by atoms with E-state index in [0.717, 1.165) is 17.9 Å². The molecule has 1 atom stereocenters. The minimum absolute atomic E-state index is 0.0845. The van der Waals surface area contributed by atoms with E-state index in [2.05, 4.69) is 10.6 Å². The quantitative estimate of drug-likeness (QED) is 0.329. The van der Waals surface area contributed by atoms with Crippen molar-refractivity contribution in [1.82, 2.24) is 15.5 Å². The van der Waals surface area contributed by atoms with E-state index in [1.54, 1.807) is 6.07 Å². The number of hydrogen-bond donors (Lipinski definition) is 3. The molecule has 3 rings (SSSR count). The number of rotatable bonds is 4. The summed E-state index contributed by atoms with van der Waals surface area (Å²) in [5.41, 5.74) is -5.00. The summed E-state index contributed by atoms with van der Waals surface area (Å²) in [5.74, 6) is -3.02. The topological polar surface area (TPSA) is 108 Å². The molecular formula is C18H19F6N3O5S. The molecule has 3 amide bonds. The Hall–Kier alpha value is -2.68. The van der Waals surface area contributed by atoms with Crippen LogP contribution in [0, 0.1) is 0 Å². The van der Waals surface area contributed by atoms with Crippen molar-refractivity contribution in [2.75, 3.05) is 20.2 Å². The monoisotopic (exact) mass is 503 g/mol. The van der Waals surface area contributed by atoms with Crippen LogP contribution in [0.3, 0.4) is 0 Å². The van der Waals surface area contributed by atoms with Gasteiger partial charge in [0.15, 0.2) is 0 Å². The van der Waals surface area contributed by atoms with Crippen molar-refractivity contribution < 1.29 is 50.6 Å². The van der Waals surface area contributed by atoms with Gasteiger partial charge < -0.3 is 20.5 Å². The van der Waals surface area contributed by atoms with E-state index < -0.39 is 29.2 Å². The highest BCUT2D eigenvalue weighted by Crippen LogP contribution is 2.42. The average Bonchev–Trinajstić information content (AvgIpc) is 2.91. The number of benzene rings is 1. The van der Waals surface area contributed by atoms with E-state index in [1.807, 2.05) is 0 Å². The third kappa shape index (κ3) is 6.90. The lowest BCUT2D eigenvalue weighted by Gasteiger charge is -2.31. The van der Waals surface area contributed by atoms with Gasteiger partial charge in [-0.25, -0.2) is 9.59 Å². The molecule has 184 valence electrons. The minimum atomic E-state index is -5.08. The van der Waals surface area contributed by atoms with Gasteiger partial charge in [0.25, 0.3) is 5.91 Å². The highest BCUT2D eigenvalue weighted by atomic mass is 32.2. The molecule has 33 heavy (non-hydrogen) atoms. The summed E-state index contributed by atoms with van der Waals surface area (Å²) < 4.78 is 74.9. The molecule has 0 saturated carbocycles. The number of carbonyl (C=O) groups excluding carboxylic acids is 2. The van der Waals surface area contributed by atoms with E-state index in [1.165, 1.54) is 19.2 Å². The van der Waals surface area contributed by atoms with Gasteiger partial charge in [-0.1, -0.05) is 6.07 Å². The normalized spacial score (nSPS) is 20.9. The molecule has 2 aliphatic rings. The number of amides is 3. The second-order valence-corrected chi connectivity index (χ2v) is 8.13. The number of nitrogens with one attached hydrogen (secondary N) is 2. The fraction of sp³-hybridized carbons (Fsp3) is 0.500. The van der Waals surface area contributed by atoms with Crippen LogP contribution < -0.4 is 15.4 Å². The number of halogens is 6. The van der Waals surface area contributed by atoms with Gasteiger partial charge in [0.2, 0.25) is 0 Å². The smallest absolute Gasteiger partial charge is 0.490 e. The van der Waals surface area contributed by atoms with Gasteiger partial charge in [-0.15, -0.1) is 0 Å². The van der Waals surface area contributed by atoms with Crippen molar-refractivity contribution in [3.63, 3.8) is 0 Å². The number of methoxy groups -OCH3 is 1. The Morgan fingerprint density at radius 1 is 1.24 bits per heavy atom. The predicted molar refractivity (Wildman–Crippen MR) is 103 cm³/mol. The molecule has 1 unspecified atom stereocenters. The molecule has 0 aromatic heterocycles. The van der Waals surface area contributed by atoms with Crippen LogP contribution in [-0.2, 0) is 16.1 Å². The molecule has 1 aromatic carbocycles. The number of alkyl halides is 6. The lowest BCUT2D eigenvalue weighted by Crippen LogP contribution is -2.57. The summed E-state index contributed by atoms with van der Waals surface area (Å²) in [7, 11) is 1.28. The first-order chi connectivity index (χ1) is 15.2. The van der Waals surface area contributed by atoms with Crippen LogP contribution in [0.15, 0.2) is 23.1 Å². The third-order valence-electron chi connectivity index (χ3n) is 4.67. The Bertz CT molecular complexity index is 903. The Morgan fingerprint density at radius 3 is 2.36 bits per heavy atom. The molecule has 2 heterocycles. The fourth-order valence-corrected chi connectivity index (χ4v) is 3.93. The number of carboxylic acid groups (broad SMARTS) is 1. The van der Waals surface area contributed by atoms with Gasteiger partial charge in [0.05, 0.1) is 18.6 Å². The standard InChI is InChI=1S/C16H18F3N3O3S.C2HF3O2/c1-25-11-4-3-10(7-12(11)26-16(17,18)19)8-22-13(23)15(21-14(22)24)5-2-6-20-9-15;3-2(4,5)1(6)7/h3-4,7,20H,2,5-6,8-9H2,1H3,(H,21,24);(H,6,7). The maximum atomic E-state index is 12.7. The number of aliphatic carboxylic acids is 1. The molecule has 3 N–H and O–H groups in total. The van der Waals surface area contributed by atoms with Crippen LogP contribution >= 0.6 is 11.8 Å². The molecule has 1 spiro atoms. The highest BCUT2D eigenvalue weighted by Gasteiger charge is 2.51. The lowest BCUT2D eigenvalue weighted by atomic mass is 9.90. The Labute approximate surface area is 187 Å². The Morgan fingerprint density at radius 2 is 1.88 bits per heavy atom. The highest BCUT2D eigenvalue weighted by molar-refractivity contribution is 8.00. The van der Waals surface area contributed by atoms with Gasteiger partial charge in [-0.2, -0.15) is 26.3 Å². The van der Waals surface area contributed by atoms with E-state index in [0.29, 0.717) is 18.5 Å². The van der Waals surface area contributed by atoms with Crippen molar-refractivity contribution >= 4 is 29.7 Å². The summed E-state index contributed by atoms with van der Waals surface area (Å²) in [6.45, 7) is 1.04. The van der Waals surface area contributed by atoms with Gasteiger partial charge in [0, 0.05) is 6.54 Å². The molecule has 2 aliphatic heterocycles. The molecule has 1 aromatic rings. The first kappa shape index (κ1) is 26.6. The van der Waals surface area contributed by atoms with Crippen LogP contribution in [0.2, 0.25) is 0 Å². The molecule has 2 saturated heterocycles. The first-order valence-corrected chi connectivity index (χ1v) is 10.1. The van der Waals surface area contributed by atoms with E-state index in [-0.39, 0.29) is 34.9 Å². The summed E-state index contributed by atoms with van der Waals surface area (Å²) in [5, 5.41) is 13.0. The van der Waals surface area contributed by atoms with Crippen molar-refractivity contribution in [1.29, 1.82) is 0 Å². The van der Waals surface area contributed by atoms with Crippen LogP contribution in [0.1, 0.15) is 18.4 Å². The van der Waals surface area contributed by atoms with E-state index >= 15 is 0 Å². The summed E-state index contributed by atoms with van der Waals surface area (Å²) in [6, 6.07) is 3.71. The van der Waals surface area contributed by atoms with Crippen LogP contribution in [0.4, 0.5) is 31.1 Å². The molecule has 0 bridgehead atoms. The fourth-order valence-electron chi connectivity index (χ4n) is 3.22. The second kappa shape index (κ2) is 10.1. The SMILES string of the molecule is COc1ccc(CN2C(=O)NC3(CCCNC3)C2=O)cc1SC(F)(F)F.O=C(O)C(F)(F)F. The summed E-state index contributed by atoms with van der Waals surface area (Å²) in [4.78, 5) is 34.8. The second-order valence-electron chi connectivity index (χ2n) is 7.02. The van der Waals surface area contributed by atoms with Crippen LogP contribution in [0.25, 0.3) is 0 Å². The summed E-state index contributed by atoms with van der Waals surface area (Å²) >= 11 is -0.292. The Balaban J connectivity index is 0.000000479. The predicted octanol–water partition coefficient (Wildman–Crippen LogP) is 3.11. The van der Waals surface area contributed by atoms with Crippen molar-refractivity contribution in [3.8, 4) is 5.75 Å². The molecular weight excluding hydrogens is 484 g/mol. The van der Waals surface area contributed by atoms with E-state index in [4.69, 9.17) is 14.6 Å². The average molecular weight is 503 g/mol. The van der Waals surface area contributed by atoms with Crippen LogP contribution in [-0.4, -0.2) is 65.3 Å². The van der Waals surface area contributed by atoms with Gasteiger partial charge in [0.1, 0.15) is 11.3 Å². The third-order valence-corrected chi connectivity index (χ3v) is 5.44.